The third-order valence-corrected chi connectivity index (χ3v) is 6.25. The van der Waals surface area contributed by atoms with Crippen molar-refractivity contribution in [1.29, 1.82) is 0 Å². The van der Waals surface area contributed by atoms with Gasteiger partial charge in [0.05, 0.1) is 23.7 Å². The number of esters is 1. The maximum absolute atomic E-state index is 13.1. The van der Waals surface area contributed by atoms with Crippen molar-refractivity contribution in [2.75, 3.05) is 12.4 Å². The fourth-order valence-electron chi connectivity index (χ4n) is 4.38. The average Bonchev–Trinajstić information content (AvgIpc) is 3.15. The number of rotatable bonds is 7. The number of carbonyl (C=O) groups is 3. The molecule has 1 fully saturated rings. The van der Waals surface area contributed by atoms with Crippen LogP contribution in [0.5, 0.6) is 0 Å². The molecule has 2 atom stereocenters. The van der Waals surface area contributed by atoms with E-state index in [-0.39, 0.29) is 30.2 Å². The minimum absolute atomic E-state index is 0.0493. The highest BCUT2D eigenvalue weighted by molar-refractivity contribution is 5.95. The molecule has 2 amide bonds. The van der Waals surface area contributed by atoms with Gasteiger partial charge in [-0.15, -0.1) is 0 Å². The van der Waals surface area contributed by atoms with E-state index in [2.05, 4.69) is 10.3 Å². The summed E-state index contributed by atoms with van der Waals surface area (Å²) in [5.74, 6) is -1.25. The van der Waals surface area contributed by atoms with E-state index >= 15 is 0 Å². The molecular formula is C25H31F3N4O4. The van der Waals surface area contributed by atoms with E-state index in [0.717, 1.165) is 12.1 Å². The van der Waals surface area contributed by atoms with E-state index < -0.39 is 29.5 Å². The van der Waals surface area contributed by atoms with Crippen LogP contribution in [0.4, 0.5) is 19.0 Å². The van der Waals surface area contributed by atoms with Gasteiger partial charge in [0.2, 0.25) is 5.91 Å². The van der Waals surface area contributed by atoms with Gasteiger partial charge in [-0.3, -0.25) is 14.4 Å². The monoisotopic (exact) mass is 508 g/mol. The summed E-state index contributed by atoms with van der Waals surface area (Å²) in [7, 11) is 1.55. The van der Waals surface area contributed by atoms with Crippen LogP contribution >= 0.6 is 0 Å². The molecule has 0 spiro atoms. The zero-order valence-corrected chi connectivity index (χ0v) is 20.8. The predicted octanol–water partition coefficient (Wildman–Crippen LogP) is 4.43. The van der Waals surface area contributed by atoms with Crippen LogP contribution in [0.1, 0.15) is 61.1 Å². The molecule has 196 valence electrons. The lowest BCUT2D eigenvalue weighted by atomic mass is 9.84. The third kappa shape index (κ3) is 6.64. The van der Waals surface area contributed by atoms with Gasteiger partial charge in [0.1, 0.15) is 12.4 Å². The number of imidazole rings is 1. The summed E-state index contributed by atoms with van der Waals surface area (Å²) >= 11 is 0. The van der Waals surface area contributed by atoms with Gasteiger partial charge in [0, 0.05) is 24.6 Å². The number of anilines is 1. The first-order chi connectivity index (χ1) is 16.9. The summed E-state index contributed by atoms with van der Waals surface area (Å²) in [6.07, 6.45) is -1.05. The standard InChI is InChI=1S/C25H31F3N4O4/c1-15(2)36-21(33)13-32-14-29-16(3)22(32)30-23(34)17-7-6-10-20(12-17)31(4)24(35)18-8-5-9-19(11-18)25(26,27)28/h5,8-9,11,14-15,17,20H,6-7,10,12-13H2,1-4H3,(H,30,34)/t17-,20+/m0/s1. The molecule has 1 aliphatic rings. The number of benzene rings is 1. The molecular weight excluding hydrogens is 477 g/mol. The van der Waals surface area contributed by atoms with Gasteiger partial charge < -0.3 is 19.5 Å². The minimum atomic E-state index is -4.54. The van der Waals surface area contributed by atoms with Crippen LogP contribution in [0.15, 0.2) is 30.6 Å². The van der Waals surface area contributed by atoms with Crippen molar-refractivity contribution in [3.63, 3.8) is 0 Å². The lowest BCUT2D eigenvalue weighted by molar-refractivity contribution is -0.148. The summed E-state index contributed by atoms with van der Waals surface area (Å²) in [5, 5.41) is 2.86. The van der Waals surface area contributed by atoms with Gasteiger partial charge in [-0.2, -0.15) is 13.2 Å². The SMILES string of the molecule is Cc1ncn(CC(=O)OC(C)C)c1NC(=O)[C@H]1CCC[C@@H](N(C)C(=O)c2cccc(C(F)(F)F)c2)C1. The van der Waals surface area contributed by atoms with Gasteiger partial charge >= 0.3 is 12.1 Å². The lowest BCUT2D eigenvalue weighted by Gasteiger charge is -2.35. The Morgan fingerprint density at radius 1 is 1.25 bits per heavy atom. The summed E-state index contributed by atoms with van der Waals surface area (Å²) in [4.78, 5) is 43.7. The van der Waals surface area contributed by atoms with Crippen molar-refractivity contribution >= 4 is 23.6 Å². The van der Waals surface area contributed by atoms with Crippen LogP contribution < -0.4 is 5.32 Å². The number of hydrogen-bond donors (Lipinski definition) is 1. The zero-order valence-electron chi connectivity index (χ0n) is 20.8. The van der Waals surface area contributed by atoms with E-state index in [4.69, 9.17) is 4.74 Å². The Morgan fingerprint density at radius 3 is 2.64 bits per heavy atom. The predicted molar refractivity (Wildman–Crippen MR) is 126 cm³/mol. The molecule has 1 aromatic heterocycles. The van der Waals surface area contributed by atoms with Crippen LogP contribution in [-0.4, -0.2) is 51.4 Å². The Bertz CT molecular complexity index is 1110. The molecule has 0 bridgehead atoms. The minimum Gasteiger partial charge on any atom is -0.462 e. The quantitative estimate of drug-likeness (QED) is 0.559. The van der Waals surface area contributed by atoms with Crippen LogP contribution in [0.2, 0.25) is 0 Å². The molecule has 0 saturated heterocycles. The largest absolute Gasteiger partial charge is 0.462 e. The second-order valence-electron chi connectivity index (χ2n) is 9.35. The number of aryl methyl sites for hydroxylation is 1. The number of hydrogen-bond acceptors (Lipinski definition) is 5. The number of amides is 2. The van der Waals surface area contributed by atoms with E-state index in [1.807, 2.05) is 0 Å². The molecule has 1 heterocycles. The summed E-state index contributed by atoms with van der Waals surface area (Å²) < 4.78 is 45.9. The highest BCUT2D eigenvalue weighted by atomic mass is 19.4. The molecule has 1 aliphatic carbocycles. The molecule has 2 aromatic rings. The number of halogens is 3. The third-order valence-electron chi connectivity index (χ3n) is 6.25. The first-order valence-corrected chi connectivity index (χ1v) is 11.8. The van der Waals surface area contributed by atoms with E-state index in [1.54, 1.807) is 27.8 Å². The van der Waals surface area contributed by atoms with Gasteiger partial charge in [-0.25, -0.2) is 4.98 Å². The molecule has 1 aromatic carbocycles. The van der Waals surface area contributed by atoms with Crippen molar-refractivity contribution in [1.82, 2.24) is 14.5 Å². The van der Waals surface area contributed by atoms with Crippen LogP contribution in [0.3, 0.4) is 0 Å². The number of carbonyl (C=O) groups excluding carboxylic acids is 3. The maximum atomic E-state index is 13.1. The Kier molecular flexibility index (Phi) is 8.42. The molecule has 3 rings (SSSR count). The van der Waals surface area contributed by atoms with E-state index in [1.165, 1.54) is 27.9 Å². The molecule has 1 saturated carbocycles. The normalized spacial score (nSPS) is 18.1. The van der Waals surface area contributed by atoms with Crippen LogP contribution in [-0.2, 0) is 27.0 Å². The smallest absolute Gasteiger partial charge is 0.416 e. The molecule has 8 nitrogen and oxygen atoms in total. The van der Waals surface area contributed by atoms with E-state index in [0.29, 0.717) is 37.2 Å². The molecule has 1 N–H and O–H groups in total. The van der Waals surface area contributed by atoms with Crippen molar-refractivity contribution in [3.05, 3.63) is 47.4 Å². The number of alkyl halides is 3. The Labute approximate surface area is 207 Å². The number of nitrogens with zero attached hydrogens (tertiary/aromatic N) is 3. The molecule has 36 heavy (non-hydrogen) atoms. The average molecular weight is 509 g/mol. The van der Waals surface area contributed by atoms with Gasteiger partial charge in [-0.05, 0) is 58.2 Å². The number of aromatic nitrogens is 2. The zero-order chi connectivity index (χ0) is 26.6. The van der Waals surface area contributed by atoms with Gasteiger partial charge in [0.25, 0.3) is 5.91 Å². The second-order valence-corrected chi connectivity index (χ2v) is 9.35. The topological polar surface area (TPSA) is 93.5 Å². The number of nitrogens with one attached hydrogen (secondary N) is 1. The van der Waals surface area contributed by atoms with Crippen molar-refractivity contribution in [3.8, 4) is 0 Å². The van der Waals surface area contributed by atoms with Crippen molar-refractivity contribution in [2.24, 2.45) is 5.92 Å². The van der Waals surface area contributed by atoms with Gasteiger partial charge in [0.15, 0.2) is 0 Å². The molecule has 0 aliphatic heterocycles. The fourth-order valence-corrected chi connectivity index (χ4v) is 4.38. The van der Waals surface area contributed by atoms with Crippen molar-refractivity contribution in [2.45, 2.75) is 71.3 Å². The summed E-state index contributed by atoms with van der Waals surface area (Å²) in [6, 6.07) is 4.04. The molecule has 11 heteroatoms. The summed E-state index contributed by atoms with van der Waals surface area (Å²) in [5.41, 5.74) is -0.386. The lowest BCUT2D eigenvalue weighted by Crippen LogP contribution is -2.42. The molecule has 0 unspecified atom stereocenters. The fraction of sp³-hybridized carbons (Fsp3) is 0.520. The van der Waals surface area contributed by atoms with Crippen LogP contribution in [0, 0.1) is 12.8 Å². The second kappa shape index (κ2) is 11.1. The van der Waals surface area contributed by atoms with Crippen molar-refractivity contribution < 1.29 is 32.3 Å². The first kappa shape index (κ1) is 27.2. The Morgan fingerprint density at radius 2 is 1.97 bits per heavy atom. The maximum Gasteiger partial charge on any atom is 0.416 e. The number of ether oxygens (including phenoxy) is 1. The Balaban J connectivity index is 1.67. The van der Waals surface area contributed by atoms with Gasteiger partial charge in [-0.1, -0.05) is 12.5 Å². The molecule has 0 radical (unpaired) electrons. The Hall–Kier alpha value is -3.37. The van der Waals surface area contributed by atoms with Crippen LogP contribution in [0.25, 0.3) is 0 Å². The highest BCUT2D eigenvalue weighted by Crippen LogP contribution is 2.32. The first-order valence-electron chi connectivity index (χ1n) is 11.8. The van der Waals surface area contributed by atoms with E-state index in [9.17, 15) is 27.6 Å². The highest BCUT2D eigenvalue weighted by Gasteiger charge is 2.34. The summed E-state index contributed by atoms with van der Waals surface area (Å²) in [6.45, 7) is 5.10.